The summed E-state index contributed by atoms with van der Waals surface area (Å²) >= 11 is 0. The van der Waals surface area contributed by atoms with Crippen molar-refractivity contribution in [2.45, 2.75) is 18.4 Å². The second kappa shape index (κ2) is 8.56. The minimum absolute atomic E-state index is 0.0373. The van der Waals surface area contributed by atoms with Crippen LogP contribution < -0.4 is 5.32 Å². The largest absolute Gasteiger partial charge is 0.351 e. The van der Waals surface area contributed by atoms with E-state index in [1.54, 1.807) is 6.92 Å². The van der Waals surface area contributed by atoms with Gasteiger partial charge in [0.2, 0.25) is 15.9 Å². The average molecular weight is 375 g/mol. The fourth-order valence-electron chi connectivity index (χ4n) is 2.26. The number of sulfonamides is 1. The molecule has 2 aromatic carbocycles. The lowest BCUT2D eigenvalue weighted by Crippen LogP contribution is -2.40. The molecule has 1 amide bonds. The Morgan fingerprint density at radius 3 is 2.54 bits per heavy atom. The zero-order valence-corrected chi connectivity index (χ0v) is 15.0. The van der Waals surface area contributed by atoms with E-state index in [0.717, 1.165) is 4.31 Å². The van der Waals surface area contributed by atoms with Crippen molar-refractivity contribution in [1.29, 1.82) is 5.26 Å². The van der Waals surface area contributed by atoms with Gasteiger partial charge in [0.25, 0.3) is 0 Å². The molecule has 0 aliphatic rings. The van der Waals surface area contributed by atoms with Gasteiger partial charge in [-0.3, -0.25) is 4.79 Å². The van der Waals surface area contributed by atoms with Crippen LogP contribution >= 0.6 is 0 Å². The number of nitrogens with one attached hydrogen (secondary N) is 1. The van der Waals surface area contributed by atoms with Crippen LogP contribution in [0.25, 0.3) is 0 Å². The standard InChI is InChI=1S/C18H18FN3O3S/c1-2-22(26(24,25)17-5-3-4-15(10-17)11-20)13-18(23)21-12-14-6-8-16(19)9-7-14/h3-10H,2,12-13H2,1H3,(H,21,23). The summed E-state index contributed by atoms with van der Waals surface area (Å²) in [6.45, 7) is 1.54. The molecule has 0 radical (unpaired) electrons. The third-order valence-electron chi connectivity index (χ3n) is 3.68. The number of amides is 1. The van der Waals surface area contributed by atoms with Gasteiger partial charge in [0.05, 0.1) is 23.1 Å². The van der Waals surface area contributed by atoms with Crippen LogP contribution in [0.3, 0.4) is 0 Å². The Balaban J connectivity index is 2.06. The van der Waals surface area contributed by atoms with E-state index < -0.39 is 15.9 Å². The molecular formula is C18H18FN3O3S. The van der Waals surface area contributed by atoms with Gasteiger partial charge in [-0.15, -0.1) is 0 Å². The highest BCUT2D eigenvalue weighted by atomic mass is 32.2. The molecular weight excluding hydrogens is 357 g/mol. The molecule has 0 spiro atoms. The number of benzene rings is 2. The second-order valence-electron chi connectivity index (χ2n) is 5.47. The Labute approximate surface area is 151 Å². The van der Waals surface area contributed by atoms with Gasteiger partial charge in [0, 0.05) is 13.1 Å². The Kier molecular flexibility index (Phi) is 6.44. The van der Waals surface area contributed by atoms with Crippen LogP contribution in [0.5, 0.6) is 0 Å². The van der Waals surface area contributed by atoms with Crippen LogP contribution in [0.4, 0.5) is 4.39 Å². The molecule has 0 saturated heterocycles. The van der Waals surface area contributed by atoms with E-state index in [1.807, 2.05) is 6.07 Å². The van der Waals surface area contributed by atoms with Crippen LogP contribution in [0.1, 0.15) is 18.1 Å². The molecule has 2 aromatic rings. The first-order valence-corrected chi connectivity index (χ1v) is 9.32. The van der Waals surface area contributed by atoms with Gasteiger partial charge in [-0.2, -0.15) is 9.57 Å². The highest BCUT2D eigenvalue weighted by molar-refractivity contribution is 7.89. The molecule has 0 heterocycles. The van der Waals surface area contributed by atoms with Gasteiger partial charge >= 0.3 is 0 Å². The molecule has 0 fully saturated rings. The number of hydrogen-bond acceptors (Lipinski definition) is 4. The molecule has 8 heteroatoms. The first-order chi connectivity index (χ1) is 12.4. The summed E-state index contributed by atoms with van der Waals surface area (Å²) in [6, 6.07) is 13.2. The number of halogens is 1. The van der Waals surface area contributed by atoms with Crippen LogP contribution in [0.2, 0.25) is 0 Å². The minimum atomic E-state index is -3.90. The van der Waals surface area contributed by atoms with Gasteiger partial charge in [0.1, 0.15) is 5.82 Å². The van der Waals surface area contributed by atoms with Crippen LogP contribution in [-0.4, -0.2) is 31.7 Å². The molecule has 1 N–H and O–H groups in total. The molecule has 0 aromatic heterocycles. The lowest BCUT2D eigenvalue weighted by molar-refractivity contribution is -0.121. The summed E-state index contributed by atoms with van der Waals surface area (Å²) in [5.74, 6) is -0.848. The number of carbonyl (C=O) groups excluding carboxylic acids is 1. The van der Waals surface area contributed by atoms with Gasteiger partial charge < -0.3 is 5.32 Å². The normalized spacial score (nSPS) is 11.2. The zero-order chi connectivity index (χ0) is 19.2. The minimum Gasteiger partial charge on any atom is -0.351 e. The van der Waals surface area contributed by atoms with E-state index in [2.05, 4.69) is 5.32 Å². The molecule has 0 aliphatic heterocycles. The predicted octanol–water partition coefficient (Wildman–Crippen LogP) is 2.02. The summed E-state index contributed by atoms with van der Waals surface area (Å²) in [5, 5.41) is 11.5. The van der Waals surface area contributed by atoms with Crippen LogP contribution in [-0.2, 0) is 21.4 Å². The smallest absolute Gasteiger partial charge is 0.243 e. The van der Waals surface area contributed by atoms with Crippen molar-refractivity contribution in [3.05, 3.63) is 65.5 Å². The molecule has 136 valence electrons. The van der Waals surface area contributed by atoms with Crippen LogP contribution in [0, 0.1) is 17.1 Å². The van der Waals surface area contributed by atoms with Crippen molar-refractivity contribution >= 4 is 15.9 Å². The maximum atomic E-state index is 12.9. The van der Waals surface area contributed by atoms with E-state index in [-0.39, 0.29) is 35.9 Å². The van der Waals surface area contributed by atoms with Gasteiger partial charge in [-0.25, -0.2) is 12.8 Å². The van der Waals surface area contributed by atoms with Gasteiger partial charge in [-0.05, 0) is 35.9 Å². The van der Waals surface area contributed by atoms with E-state index in [0.29, 0.717) is 5.56 Å². The third kappa shape index (κ3) is 4.88. The molecule has 0 saturated carbocycles. The maximum absolute atomic E-state index is 12.9. The highest BCUT2D eigenvalue weighted by Gasteiger charge is 2.25. The molecule has 0 aliphatic carbocycles. The van der Waals surface area contributed by atoms with E-state index in [4.69, 9.17) is 5.26 Å². The van der Waals surface area contributed by atoms with Crippen molar-refractivity contribution < 1.29 is 17.6 Å². The summed E-state index contributed by atoms with van der Waals surface area (Å²) in [4.78, 5) is 12.1. The topological polar surface area (TPSA) is 90.3 Å². The predicted molar refractivity (Wildman–Crippen MR) is 93.8 cm³/mol. The summed E-state index contributed by atoms with van der Waals surface area (Å²) in [6.07, 6.45) is 0. The van der Waals surface area contributed by atoms with E-state index >= 15 is 0 Å². The quantitative estimate of drug-likeness (QED) is 0.802. The highest BCUT2D eigenvalue weighted by Crippen LogP contribution is 2.16. The molecule has 2 rings (SSSR count). The number of likely N-dealkylation sites (N-methyl/N-ethyl adjacent to an activating group) is 1. The van der Waals surface area contributed by atoms with Crippen LogP contribution in [0.15, 0.2) is 53.4 Å². The fraction of sp³-hybridized carbons (Fsp3) is 0.222. The van der Waals surface area contributed by atoms with Crippen molar-refractivity contribution in [1.82, 2.24) is 9.62 Å². The molecule has 0 bridgehead atoms. The number of nitrogens with zero attached hydrogens (tertiary/aromatic N) is 2. The number of hydrogen-bond donors (Lipinski definition) is 1. The Morgan fingerprint density at radius 2 is 1.92 bits per heavy atom. The zero-order valence-electron chi connectivity index (χ0n) is 14.1. The summed E-state index contributed by atoms with van der Waals surface area (Å²) in [5.41, 5.74) is 0.926. The lowest BCUT2D eigenvalue weighted by atomic mass is 10.2. The summed E-state index contributed by atoms with van der Waals surface area (Å²) < 4.78 is 39.2. The van der Waals surface area contributed by atoms with E-state index in [9.17, 15) is 17.6 Å². The maximum Gasteiger partial charge on any atom is 0.243 e. The average Bonchev–Trinajstić information content (AvgIpc) is 2.65. The Hall–Kier alpha value is -2.76. The van der Waals surface area contributed by atoms with Crippen molar-refractivity contribution in [2.24, 2.45) is 0 Å². The SMILES string of the molecule is CCN(CC(=O)NCc1ccc(F)cc1)S(=O)(=O)c1cccc(C#N)c1. The first-order valence-electron chi connectivity index (χ1n) is 7.88. The van der Waals surface area contributed by atoms with Crippen molar-refractivity contribution in [3.8, 4) is 6.07 Å². The van der Waals surface area contributed by atoms with Gasteiger partial charge in [-0.1, -0.05) is 25.1 Å². The van der Waals surface area contributed by atoms with Crippen molar-refractivity contribution in [3.63, 3.8) is 0 Å². The third-order valence-corrected chi connectivity index (χ3v) is 5.59. The monoisotopic (exact) mass is 375 g/mol. The van der Waals surface area contributed by atoms with E-state index in [1.165, 1.54) is 48.5 Å². The molecule has 6 nitrogen and oxygen atoms in total. The molecule has 0 atom stereocenters. The number of carbonyl (C=O) groups is 1. The van der Waals surface area contributed by atoms with Crippen molar-refractivity contribution in [2.75, 3.05) is 13.1 Å². The Bertz CT molecular complexity index is 921. The van der Waals surface area contributed by atoms with Gasteiger partial charge in [0.15, 0.2) is 0 Å². The fourth-order valence-corrected chi connectivity index (χ4v) is 3.71. The lowest BCUT2D eigenvalue weighted by Gasteiger charge is -2.20. The summed E-state index contributed by atoms with van der Waals surface area (Å²) in [7, 11) is -3.90. The molecule has 26 heavy (non-hydrogen) atoms. The Morgan fingerprint density at radius 1 is 1.23 bits per heavy atom. The number of nitriles is 1. The molecule has 0 unspecified atom stereocenters. The second-order valence-corrected chi connectivity index (χ2v) is 7.41. The first kappa shape index (κ1) is 19.6. The number of rotatable bonds is 7.